The Hall–Kier alpha value is -2.40. The van der Waals surface area contributed by atoms with Gasteiger partial charge in [-0.2, -0.15) is 0 Å². The topological polar surface area (TPSA) is 70.8 Å². The van der Waals surface area contributed by atoms with Crippen LogP contribution in [0.15, 0.2) is 45.6 Å². The van der Waals surface area contributed by atoms with Crippen molar-refractivity contribution in [3.8, 4) is 0 Å². The molecule has 1 saturated heterocycles. The number of carbonyl (C=O) groups is 1. The Balaban J connectivity index is 1.70. The molecule has 1 unspecified atom stereocenters. The first-order chi connectivity index (χ1) is 13.6. The van der Waals surface area contributed by atoms with Crippen molar-refractivity contribution in [2.24, 2.45) is 0 Å². The van der Waals surface area contributed by atoms with Gasteiger partial charge in [0.15, 0.2) is 0 Å². The molecule has 1 aliphatic heterocycles. The first kappa shape index (κ1) is 20.3. The van der Waals surface area contributed by atoms with E-state index >= 15 is 0 Å². The summed E-state index contributed by atoms with van der Waals surface area (Å²) in [7, 11) is 0. The summed E-state index contributed by atoms with van der Waals surface area (Å²) in [6.07, 6.45) is 5.85. The first-order valence-corrected chi connectivity index (χ1v) is 10.2. The van der Waals surface area contributed by atoms with Crippen LogP contribution in [0.25, 0.3) is 0 Å². The van der Waals surface area contributed by atoms with Crippen LogP contribution in [0.2, 0.25) is 0 Å². The molecule has 1 aliphatic rings. The van der Waals surface area contributed by atoms with Crippen molar-refractivity contribution in [3.63, 3.8) is 0 Å². The van der Waals surface area contributed by atoms with Gasteiger partial charge in [-0.25, -0.2) is 4.79 Å². The fourth-order valence-electron chi connectivity index (χ4n) is 4.03. The lowest BCUT2D eigenvalue weighted by Gasteiger charge is -2.35. The fraction of sp³-hybridized carbons (Fsp3) is 0.478. The minimum Gasteiger partial charge on any atom is -0.427 e. The number of aliphatic hydroxyl groups excluding tert-OH is 1. The van der Waals surface area contributed by atoms with Crippen molar-refractivity contribution in [1.82, 2.24) is 4.90 Å². The quantitative estimate of drug-likeness (QED) is 0.794. The van der Waals surface area contributed by atoms with Gasteiger partial charge in [0.25, 0.3) is 5.91 Å². The lowest BCUT2D eigenvalue weighted by atomic mass is 9.98. The zero-order valence-corrected chi connectivity index (χ0v) is 16.5. The zero-order valence-electron chi connectivity index (χ0n) is 16.5. The van der Waals surface area contributed by atoms with Gasteiger partial charge in [0, 0.05) is 25.6 Å². The molecule has 1 aromatic heterocycles. The predicted molar refractivity (Wildman–Crippen MR) is 109 cm³/mol. The van der Waals surface area contributed by atoms with Crippen molar-refractivity contribution in [2.45, 2.75) is 57.9 Å². The molecule has 1 aromatic carbocycles. The number of hydrogen-bond acceptors (Lipinski definition) is 4. The molecule has 0 saturated carbocycles. The minimum absolute atomic E-state index is 0.00408. The minimum atomic E-state index is -0.548. The predicted octanol–water partition coefficient (Wildman–Crippen LogP) is 3.50. The molecule has 2 heterocycles. The summed E-state index contributed by atoms with van der Waals surface area (Å²) in [6.45, 7) is 2.47. The second kappa shape index (κ2) is 9.69. The maximum Gasteiger partial charge on any atom is 0.349 e. The Kier molecular flexibility index (Phi) is 7.04. The maximum atomic E-state index is 13.0. The van der Waals surface area contributed by atoms with Crippen molar-refractivity contribution < 1.29 is 14.3 Å². The van der Waals surface area contributed by atoms with E-state index in [4.69, 9.17) is 4.42 Å². The van der Waals surface area contributed by atoms with Crippen LogP contribution >= 0.6 is 0 Å². The van der Waals surface area contributed by atoms with Gasteiger partial charge in [-0.3, -0.25) is 4.79 Å². The molecule has 5 nitrogen and oxygen atoms in total. The van der Waals surface area contributed by atoms with E-state index in [1.54, 1.807) is 11.8 Å². The van der Waals surface area contributed by atoms with Crippen LogP contribution in [0.5, 0.6) is 0 Å². The molecule has 5 heteroatoms. The van der Waals surface area contributed by atoms with Crippen LogP contribution in [-0.4, -0.2) is 35.1 Å². The Labute approximate surface area is 166 Å². The van der Waals surface area contributed by atoms with E-state index in [9.17, 15) is 14.7 Å². The molecular formula is C23H29NO4. The van der Waals surface area contributed by atoms with Gasteiger partial charge in [0.05, 0.1) is 0 Å². The molecule has 28 heavy (non-hydrogen) atoms. The van der Waals surface area contributed by atoms with Gasteiger partial charge in [0.1, 0.15) is 11.3 Å². The van der Waals surface area contributed by atoms with Crippen LogP contribution in [-0.2, 0) is 12.8 Å². The van der Waals surface area contributed by atoms with Crippen molar-refractivity contribution in [1.29, 1.82) is 0 Å². The van der Waals surface area contributed by atoms with Crippen molar-refractivity contribution in [2.75, 3.05) is 13.2 Å². The van der Waals surface area contributed by atoms with E-state index in [2.05, 4.69) is 12.1 Å². The summed E-state index contributed by atoms with van der Waals surface area (Å²) >= 11 is 0. The molecular weight excluding hydrogens is 354 g/mol. The summed E-state index contributed by atoms with van der Waals surface area (Å²) in [6, 6.07) is 12.0. The second-order valence-electron chi connectivity index (χ2n) is 7.56. The highest BCUT2D eigenvalue weighted by Crippen LogP contribution is 2.22. The van der Waals surface area contributed by atoms with Gasteiger partial charge >= 0.3 is 5.63 Å². The van der Waals surface area contributed by atoms with Gasteiger partial charge in [-0.05, 0) is 62.6 Å². The standard InChI is InChI=1S/C23H29NO4/c1-17-16-20(12-7-10-18-8-3-2-4-9-18)28-23(27)21(17)22(26)24-14-6-5-11-19(24)13-15-25/h2-4,8-9,16,19,25H,5-7,10-15H2,1H3. The van der Waals surface area contributed by atoms with E-state index in [0.717, 1.165) is 32.1 Å². The molecule has 1 fully saturated rings. The highest BCUT2D eigenvalue weighted by atomic mass is 16.4. The third-order valence-corrected chi connectivity index (χ3v) is 5.50. The van der Waals surface area contributed by atoms with Gasteiger partial charge in [0.2, 0.25) is 0 Å². The van der Waals surface area contributed by atoms with Crippen LogP contribution < -0.4 is 5.63 Å². The lowest BCUT2D eigenvalue weighted by molar-refractivity contribution is 0.0569. The molecule has 2 aromatic rings. The maximum absolute atomic E-state index is 13.0. The summed E-state index contributed by atoms with van der Waals surface area (Å²) in [5.41, 5.74) is 1.52. The third kappa shape index (κ3) is 4.90. The van der Waals surface area contributed by atoms with E-state index in [1.807, 2.05) is 24.3 Å². The average Bonchev–Trinajstić information content (AvgIpc) is 2.69. The number of hydrogen-bond donors (Lipinski definition) is 1. The number of nitrogens with zero attached hydrogens (tertiary/aromatic N) is 1. The van der Waals surface area contributed by atoms with Crippen LogP contribution in [0.4, 0.5) is 0 Å². The van der Waals surface area contributed by atoms with E-state index in [1.165, 1.54) is 5.56 Å². The lowest BCUT2D eigenvalue weighted by Crippen LogP contribution is -2.45. The van der Waals surface area contributed by atoms with E-state index < -0.39 is 5.63 Å². The van der Waals surface area contributed by atoms with Crippen molar-refractivity contribution >= 4 is 5.91 Å². The number of aryl methyl sites for hydroxylation is 3. The van der Waals surface area contributed by atoms with Crippen LogP contribution in [0.1, 0.15) is 59.3 Å². The normalized spacial score (nSPS) is 16.9. The summed E-state index contributed by atoms with van der Waals surface area (Å²) in [5, 5.41) is 9.28. The number of amides is 1. The number of piperidine rings is 1. The molecule has 0 radical (unpaired) electrons. The van der Waals surface area contributed by atoms with Gasteiger partial charge in [-0.15, -0.1) is 0 Å². The number of aliphatic hydroxyl groups is 1. The second-order valence-corrected chi connectivity index (χ2v) is 7.56. The van der Waals surface area contributed by atoms with E-state index in [-0.39, 0.29) is 24.1 Å². The molecule has 1 N–H and O–H groups in total. The molecule has 3 rings (SSSR count). The Morgan fingerprint density at radius 3 is 2.71 bits per heavy atom. The smallest absolute Gasteiger partial charge is 0.349 e. The van der Waals surface area contributed by atoms with E-state index in [0.29, 0.717) is 30.7 Å². The molecule has 0 bridgehead atoms. The van der Waals surface area contributed by atoms with Crippen molar-refractivity contribution in [3.05, 3.63) is 69.3 Å². The average molecular weight is 383 g/mol. The SMILES string of the molecule is Cc1cc(CCCc2ccccc2)oc(=O)c1C(=O)N1CCCCC1CCO. The fourth-order valence-corrected chi connectivity index (χ4v) is 4.03. The third-order valence-electron chi connectivity index (χ3n) is 5.50. The Bertz CT molecular complexity index is 841. The highest BCUT2D eigenvalue weighted by Gasteiger charge is 2.30. The summed E-state index contributed by atoms with van der Waals surface area (Å²) in [4.78, 5) is 27.3. The Morgan fingerprint density at radius 1 is 1.21 bits per heavy atom. The number of likely N-dealkylation sites (tertiary alicyclic amines) is 1. The number of benzene rings is 1. The summed E-state index contributed by atoms with van der Waals surface area (Å²) < 4.78 is 5.48. The first-order valence-electron chi connectivity index (χ1n) is 10.2. The number of carbonyl (C=O) groups excluding carboxylic acids is 1. The molecule has 0 aliphatic carbocycles. The molecule has 1 atom stereocenters. The number of rotatable bonds is 7. The molecule has 0 spiro atoms. The Morgan fingerprint density at radius 2 is 2.00 bits per heavy atom. The van der Waals surface area contributed by atoms with Crippen LogP contribution in [0.3, 0.4) is 0 Å². The zero-order chi connectivity index (χ0) is 19.9. The monoisotopic (exact) mass is 383 g/mol. The van der Waals surface area contributed by atoms with Gasteiger partial charge in [-0.1, -0.05) is 30.3 Å². The molecule has 150 valence electrons. The summed E-state index contributed by atoms with van der Waals surface area (Å²) in [5.74, 6) is 0.362. The van der Waals surface area contributed by atoms with Gasteiger partial charge < -0.3 is 14.4 Å². The largest absolute Gasteiger partial charge is 0.427 e. The molecule has 1 amide bonds. The highest BCUT2D eigenvalue weighted by molar-refractivity contribution is 5.95. The van der Waals surface area contributed by atoms with Crippen LogP contribution in [0, 0.1) is 6.92 Å².